The topological polar surface area (TPSA) is 83.9 Å². The molecule has 9 heteroatoms. The van der Waals surface area contributed by atoms with E-state index in [1.54, 1.807) is 18.5 Å². The lowest BCUT2D eigenvalue weighted by molar-refractivity contribution is 0.0540. The molecule has 4 rings (SSSR count). The second-order valence-electron chi connectivity index (χ2n) is 7.55. The molecule has 0 bridgehead atoms. The van der Waals surface area contributed by atoms with E-state index in [0.717, 1.165) is 12.8 Å². The average molecular weight is 441 g/mol. The Bertz CT molecular complexity index is 1050. The average Bonchev–Trinajstić information content (AvgIpc) is 2.79. The molecule has 1 N–H and O–H groups in total. The van der Waals surface area contributed by atoms with Crippen LogP contribution in [0.5, 0.6) is 0 Å². The molecule has 0 spiro atoms. The Labute approximate surface area is 184 Å². The van der Waals surface area contributed by atoms with Crippen LogP contribution >= 0.6 is 11.6 Å². The predicted molar refractivity (Wildman–Crippen MR) is 116 cm³/mol. The number of nitrogens with zero attached hydrogens (tertiary/aromatic N) is 5. The first-order chi connectivity index (χ1) is 15.0. The van der Waals surface area contributed by atoms with E-state index in [-0.39, 0.29) is 17.9 Å². The van der Waals surface area contributed by atoms with Gasteiger partial charge in [0.1, 0.15) is 5.82 Å². The summed E-state index contributed by atoms with van der Waals surface area (Å²) in [7, 11) is 0. The highest BCUT2D eigenvalue weighted by molar-refractivity contribution is 6.30. The standard InChI is InChI=1S/C22H22ClFN6O/c1-14-4-2-9-30(19(14)13-29-22-27-11-15(23)12-28-22)21(31)17-6-5-16(24)10-18(17)20-25-7-3-8-26-20/h3,5-8,10-12,14,19H,2,4,9,13H2,1H3,(H,27,28,29)/t14-,19?/m1/s1. The summed E-state index contributed by atoms with van der Waals surface area (Å²) in [4.78, 5) is 32.2. The fourth-order valence-electron chi connectivity index (χ4n) is 3.89. The van der Waals surface area contributed by atoms with Gasteiger partial charge >= 0.3 is 0 Å². The van der Waals surface area contributed by atoms with Crippen molar-refractivity contribution in [3.8, 4) is 11.4 Å². The molecule has 0 radical (unpaired) electrons. The number of carbonyl (C=O) groups excluding carboxylic acids is 1. The minimum absolute atomic E-state index is 0.0740. The molecule has 1 aliphatic rings. The van der Waals surface area contributed by atoms with Crippen LogP contribution in [0.25, 0.3) is 11.4 Å². The van der Waals surface area contributed by atoms with Crippen molar-refractivity contribution in [3.63, 3.8) is 0 Å². The molecule has 1 aromatic carbocycles. The molecule has 0 aliphatic carbocycles. The first kappa shape index (κ1) is 21.1. The molecule has 1 unspecified atom stereocenters. The maximum absolute atomic E-state index is 14.0. The monoisotopic (exact) mass is 440 g/mol. The van der Waals surface area contributed by atoms with Gasteiger partial charge in [0.2, 0.25) is 5.95 Å². The molecule has 3 aromatic rings. The number of piperidine rings is 1. The Morgan fingerprint density at radius 3 is 2.71 bits per heavy atom. The Morgan fingerprint density at radius 1 is 1.23 bits per heavy atom. The maximum atomic E-state index is 14.0. The van der Waals surface area contributed by atoms with E-state index in [4.69, 9.17) is 11.6 Å². The fraction of sp³-hybridized carbons (Fsp3) is 0.318. The van der Waals surface area contributed by atoms with Gasteiger partial charge in [-0.15, -0.1) is 0 Å². The van der Waals surface area contributed by atoms with Crippen molar-refractivity contribution in [3.05, 3.63) is 65.5 Å². The Hall–Kier alpha value is -3.13. The van der Waals surface area contributed by atoms with E-state index in [0.29, 0.717) is 41.0 Å². The first-order valence-electron chi connectivity index (χ1n) is 10.1. The lowest BCUT2D eigenvalue weighted by Gasteiger charge is -2.40. The highest BCUT2D eigenvalue weighted by Gasteiger charge is 2.33. The number of hydrogen-bond donors (Lipinski definition) is 1. The van der Waals surface area contributed by atoms with Crippen LogP contribution in [0.1, 0.15) is 30.1 Å². The zero-order valence-corrected chi connectivity index (χ0v) is 17.8. The van der Waals surface area contributed by atoms with Gasteiger partial charge < -0.3 is 10.2 Å². The molecule has 7 nitrogen and oxygen atoms in total. The number of aromatic nitrogens is 4. The van der Waals surface area contributed by atoms with E-state index in [1.807, 2.05) is 4.90 Å². The van der Waals surface area contributed by atoms with Crippen molar-refractivity contribution in [1.82, 2.24) is 24.8 Å². The van der Waals surface area contributed by atoms with E-state index >= 15 is 0 Å². The van der Waals surface area contributed by atoms with Gasteiger partial charge in [-0.05, 0) is 43.0 Å². The third kappa shape index (κ3) is 4.80. The van der Waals surface area contributed by atoms with E-state index < -0.39 is 5.82 Å². The Morgan fingerprint density at radius 2 is 1.97 bits per heavy atom. The zero-order valence-electron chi connectivity index (χ0n) is 17.0. The number of anilines is 1. The molecular formula is C22H22ClFN6O. The first-order valence-corrected chi connectivity index (χ1v) is 10.5. The van der Waals surface area contributed by atoms with Gasteiger partial charge in [0, 0.05) is 31.0 Å². The number of benzene rings is 1. The molecule has 2 atom stereocenters. The van der Waals surface area contributed by atoms with E-state index in [9.17, 15) is 9.18 Å². The van der Waals surface area contributed by atoms with Crippen molar-refractivity contribution in [2.24, 2.45) is 5.92 Å². The number of carbonyl (C=O) groups is 1. The van der Waals surface area contributed by atoms with Gasteiger partial charge in [0.15, 0.2) is 5.82 Å². The normalized spacial score (nSPS) is 18.6. The molecule has 160 valence electrons. The third-order valence-corrected chi connectivity index (χ3v) is 5.68. The van der Waals surface area contributed by atoms with Crippen molar-refractivity contribution >= 4 is 23.5 Å². The summed E-state index contributed by atoms with van der Waals surface area (Å²) < 4.78 is 14.0. The number of rotatable bonds is 5. The molecule has 1 saturated heterocycles. The van der Waals surface area contributed by atoms with Crippen LogP contribution in [0.4, 0.5) is 10.3 Å². The number of amides is 1. The molecule has 2 aromatic heterocycles. The predicted octanol–water partition coefficient (Wildman–Crippen LogP) is 4.08. The number of nitrogens with one attached hydrogen (secondary N) is 1. The van der Waals surface area contributed by atoms with Crippen molar-refractivity contribution in [2.75, 3.05) is 18.4 Å². The highest BCUT2D eigenvalue weighted by Crippen LogP contribution is 2.29. The van der Waals surface area contributed by atoms with Crippen LogP contribution < -0.4 is 5.32 Å². The summed E-state index contributed by atoms with van der Waals surface area (Å²) >= 11 is 5.85. The summed E-state index contributed by atoms with van der Waals surface area (Å²) in [6.07, 6.45) is 8.10. The Kier molecular flexibility index (Phi) is 6.36. The van der Waals surface area contributed by atoms with Crippen LogP contribution in [0.15, 0.2) is 49.1 Å². The maximum Gasteiger partial charge on any atom is 0.254 e. The summed E-state index contributed by atoms with van der Waals surface area (Å²) in [5, 5.41) is 3.66. The van der Waals surface area contributed by atoms with Gasteiger partial charge in [0.25, 0.3) is 5.91 Å². The second-order valence-corrected chi connectivity index (χ2v) is 7.99. The number of likely N-dealkylation sites (tertiary alicyclic amines) is 1. The molecule has 3 heterocycles. The quantitative estimate of drug-likeness (QED) is 0.643. The number of halogens is 2. The molecule has 1 fully saturated rings. The molecule has 0 saturated carbocycles. The fourth-order valence-corrected chi connectivity index (χ4v) is 3.99. The van der Waals surface area contributed by atoms with Crippen molar-refractivity contribution in [1.29, 1.82) is 0 Å². The summed E-state index contributed by atoms with van der Waals surface area (Å²) in [5.74, 6) is 0.436. The largest absolute Gasteiger partial charge is 0.352 e. The summed E-state index contributed by atoms with van der Waals surface area (Å²) in [6, 6.07) is 5.72. The van der Waals surface area contributed by atoms with Gasteiger partial charge in [0.05, 0.1) is 29.0 Å². The third-order valence-electron chi connectivity index (χ3n) is 5.48. The second kappa shape index (κ2) is 9.34. The zero-order chi connectivity index (χ0) is 21.8. The van der Waals surface area contributed by atoms with Crippen LogP contribution in [0.3, 0.4) is 0 Å². The minimum atomic E-state index is -0.441. The van der Waals surface area contributed by atoms with Crippen LogP contribution in [0, 0.1) is 11.7 Å². The van der Waals surface area contributed by atoms with Crippen molar-refractivity contribution < 1.29 is 9.18 Å². The molecular weight excluding hydrogens is 419 g/mol. The summed E-state index contributed by atoms with van der Waals surface area (Å²) in [5.41, 5.74) is 0.769. The van der Waals surface area contributed by atoms with Gasteiger partial charge in [-0.3, -0.25) is 4.79 Å². The van der Waals surface area contributed by atoms with Crippen molar-refractivity contribution in [2.45, 2.75) is 25.8 Å². The van der Waals surface area contributed by atoms with Crippen LogP contribution in [0.2, 0.25) is 5.02 Å². The van der Waals surface area contributed by atoms with Gasteiger partial charge in [-0.25, -0.2) is 24.3 Å². The lowest BCUT2D eigenvalue weighted by Crippen LogP contribution is -2.51. The molecule has 31 heavy (non-hydrogen) atoms. The van der Waals surface area contributed by atoms with Gasteiger partial charge in [-0.2, -0.15) is 0 Å². The molecule has 1 amide bonds. The van der Waals surface area contributed by atoms with Crippen LogP contribution in [-0.4, -0.2) is 49.9 Å². The molecule has 1 aliphatic heterocycles. The summed E-state index contributed by atoms with van der Waals surface area (Å²) in [6.45, 7) is 3.23. The van der Waals surface area contributed by atoms with E-state index in [1.165, 1.54) is 30.6 Å². The number of hydrogen-bond acceptors (Lipinski definition) is 6. The minimum Gasteiger partial charge on any atom is -0.352 e. The van der Waals surface area contributed by atoms with Crippen LogP contribution in [-0.2, 0) is 0 Å². The van der Waals surface area contributed by atoms with E-state index in [2.05, 4.69) is 32.2 Å². The Balaban J connectivity index is 1.61. The SMILES string of the molecule is C[C@@H]1CCCN(C(=O)c2ccc(F)cc2-c2ncccn2)C1CNc1ncc(Cl)cn1. The lowest BCUT2D eigenvalue weighted by atomic mass is 9.89. The smallest absolute Gasteiger partial charge is 0.254 e. The van der Waals surface area contributed by atoms with Gasteiger partial charge in [-0.1, -0.05) is 18.5 Å². The highest BCUT2D eigenvalue weighted by atomic mass is 35.5.